The van der Waals surface area contributed by atoms with Gasteiger partial charge in [-0.2, -0.15) is 0 Å². The first kappa shape index (κ1) is 16.4. The highest BCUT2D eigenvalue weighted by atomic mass is 35.5. The summed E-state index contributed by atoms with van der Waals surface area (Å²) in [6.07, 6.45) is -1.24. The zero-order valence-corrected chi connectivity index (χ0v) is 13.2. The molecular formula is C13H10Cl2N2O4S. The Kier molecular flexibility index (Phi) is 4.80. The second-order valence-corrected chi connectivity index (χ2v) is 6.65. The van der Waals surface area contributed by atoms with Crippen molar-refractivity contribution in [1.82, 2.24) is 0 Å². The Morgan fingerprint density at radius 1 is 1.00 bits per heavy atom. The fourth-order valence-corrected chi connectivity index (χ4v) is 3.33. The molecule has 0 spiro atoms. The van der Waals surface area contributed by atoms with E-state index in [0.29, 0.717) is 0 Å². The number of anilines is 2. The number of hydrogen-bond acceptors (Lipinski definition) is 3. The lowest BCUT2D eigenvalue weighted by Gasteiger charge is -2.11. The molecule has 0 saturated carbocycles. The molecule has 0 radical (unpaired) electrons. The van der Waals surface area contributed by atoms with Crippen LogP contribution in [0.1, 0.15) is 0 Å². The number of hydrogen-bond donors (Lipinski definition) is 3. The summed E-state index contributed by atoms with van der Waals surface area (Å²) in [5.74, 6) is 0. The second kappa shape index (κ2) is 6.43. The number of benzene rings is 2. The van der Waals surface area contributed by atoms with Gasteiger partial charge >= 0.3 is 6.09 Å². The molecule has 22 heavy (non-hydrogen) atoms. The first-order chi connectivity index (χ1) is 10.3. The molecule has 2 aromatic rings. The number of amides is 1. The van der Waals surface area contributed by atoms with E-state index in [0.717, 1.165) is 0 Å². The zero-order chi connectivity index (χ0) is 16.3. The van der Waals surface area contributed by atoms with Crippen molar-refractivity contribution in [3.8, 4) is 0 Å². The van der Waals surface area contributed by atoms with Crippen LogP contribution in [-0.4, -0.2) is 19.6 Å². The van der Waals surface area contributed by atoms with Gasteiger partial charge in [-0.05, 0) is 36.4 Å². The van der Waals surface area contributed by atoms with Crippen molar-refractivity contribution in [2.24, 2.45) is 0 Å². The highest BCUT2D eigenvalue weighted by Gasteiger charge is 2.17. The van der Waals surface area contributed by atoms with Crippen molar-refractivity contribution in [3.05, 3.63) is 52.5 Å². The predicted molar refractivity (Wildman–Crippen MR) is 85.4 cm³/mol. The van der Waals surface area contributed by atoms with Crippen LogP contribution in [0.4, 0.5) is 16.2 Å². The minimum Gasteiger partial charge on any atom is -0.465 e. The van der Waals surface area contributed by atoms with Crippen LogP contribution >= 0.6 is 23.2 Å². The number of carbonyl (C=O) groups is 1. The van der Waals surface area contributed by atoms with Crippen molar-refractivity contribution in [3.63, 3.8) is 0 Å². The minimum absolute atomic E-state index is 0.0561. The first-order valence-corrected chi connectivity index (χ1v) is 8.10. The Hall–Kier alpha value is -1.96. The Bertz CT molecular complexity index is 787. The fraction of sp³-hybridized carbons (Fsp3) is 0. The van der Waals surface area contributed by atoms with Crippen LogP contribution in [0.25, 0.3) is 0 Å². The summed E-state index contributed by atoms with van der Waals surface area (Å²) in [7, 11) is -3.90. The van der Waals surface area contributed by atoms with Gasteiger partial charge in [-0.1, -0.05) is 29.3 Å². The Balaban J connectivity index is 2.29. The van der Waals surface area contributed by atoms with Crippen LogP contribution < -0.4 is 10.0 Å². The van der Waals surface area contributed by atoms with E-state index in [9.17, 15) is 13.2 Å². The summed E-state index contributed by atoms with van der Waals surface area (Å²) in [5.41, 5.74) is 0.334. The molecule has 6 nitrogen and oxygen atoms in total. The molecular weight excluding hydrogens is 351 g/mol. The summed E-state index contributed by atoms with van der Waals surface area (Å²) in [6, 6.07) is 9.79. The van der Waals surface area contributed by atoms with Crippen LogP contribution in [0.15, 0.2) is 47.4 Å². The third kappa shape index (κ3) is 3.82. The van der Waals surface area contributed by atoms with Crippen molar-refractivity contribution < 1.29 is 18.3 Å². The zero-order valence-electron chi connectivity index (χ0n) is 10.9. The second-order valence-electron chi connectivity index (χ2n) is 4.16. The summed E-state index contributed by atoms with van der Waals surface area (Å²) in [4.78, 5) is 10.4. The SMILES string of the molecule is O=C(O)Nc1ccc(S(=O)(=O)Nc2c(Cl)cccc2Cl)cc1. The topological polar surface area (TPSA) is 95.5 Å². The van der Waals surface area contributed by atoms with Gasteiger partial charge < -0.3 is 5.11 Å². The van der Waals surface area contributed by atoms with E-state index >= 15 is 0 Å². The quantitative estimate of drug-likeness (QED) is 0.770. The molecule has 0 aliphatic heterocycles. The van der Waals surface area contributed by atoms with Crippen LogP contribution in [0.3, 0.4) is 0 Å². The molecule has 116 valence electrons. The Morgan fingerprint density at radius 3 is 2.05 bits per heavy atom. The standard InChI is InChI=1S/C13H10Cl2N2O4S/c14-10-2-1-3-11(15)12(10)17-22(20,21)9-6-4-8(5-7-9)16-13(18)19/h1-7,16-17H,(H,18,19). The smallest absolute Gasteiger partial charge is 0.409 e. The maximum absolute atomic E-state index is 12.3. The molecule has 0 aromatic heterocycles. The predicted octanol–water partition coefficient (Wildman–Crippen LogP) is 3.88. The van der Waals surface area contributed by atoms with Crippen molar-refractivity contribution in [1.29, 1.82) is 0 Å². The van der Waals surface area contributed by atoms with Gasteiger partial charge in [-0.25, -0.2) is 13.2 Å². The number of para-hydroxylation sites is 1. The lowest BCUT2D eigenvalue weighted by atomic mass is 10.3. The van der Waals surface area contributed by atoms with Gasteiger partial charge in [0.2, 0.25) is 0 Å². The summed E-state index contributed by atoms with van der Waals surface area (Å²) < 4.78 is 26.9. The molecule has 0 atom stereocenters. The molecule has 2 aromatic carbocycles. The number of sulfonamides is 1. The van der Waals surface area contributed by atoms with Crippen molar-refractivity contribution >= 4 is 50.7 Å². The van der Waals surface area contributed by atoms with Crippen LogP contribution in [-0.2, 0) is 10.0 Å². The van der Waals surface area contributed by atoms with E-state index in [4.69, 9.17) is 28.3 Å². The third-order valence-electron chi connectivity index (χ3n) is 2.62. The monoisotopic (exact) mass is 360 g/mol. The average Bonchev–Trinajstić information content (AvgIpc) is 2.43. The van der Waals surface area contributed by atoms with E-state index in [1.54, 1.807) is 6.07 Å². The summed E-state index contributed by atoms with van der Waals surface area (Å²) in [6.45, 7) is 0. The van der Waals surface area contributed by atoms with E-state index < -0.39 is 16.1 Å². The number of rotatable bonds is 4. The molecule has 1 amide bonds. The van der Waals surface area contributed by atoms with Crippen LogP contribution in [0, 0.1) is 0 Å². The van der Waals surface area contributed by atoms with Gasteiger partial charge in [-0.15, -0.1) is 0 Å². The number of carboxylic acid groups (broad SMARTS) is 1. The summed E-state index contributed by atoms with van der Waals surface area (Å²) >= 11 is 11.8. The van der Waals surface area contributed by atoms with Gasteiger partial charge in [0, 0.05) is 5.69 Å². The largest absolute Gasteiger partial charge is 0.465 e. The maximum Gasteiger partial charge on any atom is 0.409 e. The molecule has 9 heteroatoms. The highest BCUT2D eigenvalue weighted by Crippen LogP contribution is 2.31. The molecule has 0 unspecified atom stereocenters. The first-order valence-electron chi connectivity index (χ1n) is 5.86. The van der Waals surface area contributed by atoms with E-state index in [-0.39, 0.29) is 26.3 Å². The Labute approximate surface area is 136 Å². The fourth-order valence-electron chi connectivity index (χ4n) is 1.63. The van der Waals surface area contributed by atoms with E-state index in [2.05, 4.69) is 10.0 Å². The van der Waals surface area contributed by atoms with E-state index in [1.165, 1.54) is 36.4 Å². The number of halogens is 2. The van der Waals surface area contributed by atoms with Crippen molar-refractivity contribution in [2.75, 3.05) is 10.0 Å². The van der Waals surface area contributed by atoms with Crippen LogP contribution in [0.2, 0.25) is 10.0 Å². The van der Waals surface area contributed by atoms with Gasteiger partial charge in [0.15, 0.2) is 0 Å². The lowest BCUT2D eigenvalue weighted by molar-refractivity contribution is 0.209. The summed E-state index contributed by atoms with van der Waals surface area (Å²) in [5, 5.41) is 11.0. The third-order valence-corrected chi connectivity index (χ3v) is 4.61. The molecule has 0 heterocycles. The molecule has 0 aliphatic rings. The molecule has 0 fully saturated rings. The van der Waals surface area contributed by atoms with Crippen LogP contribution in [0.5, 0.6) is 0 Å². The van der Waals surface area contributed by atoms with Crippen molar-refractivity contribution in [2.45, 2.75) is 4.90 Å². The van der Waals surface area contributed by atoms with Gasteiger partial charge in [0.1, 0.15) is 0 Å². The highest BCUT2D eigenvalue weighted by molar-refractivity contribution is 7.92. The minimum atomic E-state index is -3.90. The molecule has 0 saturated heterocycles. The normalized spacial score (nSPS) is 11.0. The molecule has 2 rings (SSSR count). The molecule has 0 aliphatic carbocycles. The number of nitrogens with one attached hydrogen (secondary N) is 2. The van der Waals surface area contributed by atoms with Gasteiger partial charge in [-0.3, -0.25) is 10.0 Å². The Morgan fingerprint density at radius 2 is 1.55 bits per heavy atom. The average molecular weight is 361 g/mol. The van der Waals surface area contributed by atoms with Gasteiger partial charge in [0.25, 0.3) is 10.0 Å². The van der Waals surface area contributed by atoms with Gasteiger partial charge in [0.05, 0.1) is 20.6 Å². The lowest BCUT2D eigenvalue weighted by Crippen LogP contribution is -2.14. The molecule has 0 bridgehead atoms. The maximum atomic E-state index is 12.3. The molecule has 3 N–H and O–H groups in total. The van der Waals surface area contributed by atoms with E-state index in [1.807, 2.05) is 0 Å².